The van der Waals surface area contributed by atoms with E-state index in [1.54, 1.807) is 13.1 Å². The zero-order chi connectivity index (χ0) is 13.0. The van der Waals surface area contributed by atoms with Gasteiger partial charge in [0.2, 0.25) is 0 Å². The van der Waals surface area contributed by atoms with Crippen molar-refractivity contribution in [1.29, 1.82) is 0 Å². The molecule has 18 heavy (non-hydrogen) atoms. The van der Waals surface area contributed by atoms with Crippen LogP contribution in [0.25, 0.3) is 0 Å². The molecule has 1 heterocycles. The summed E-state index contributed by atoms with van der Waals surface area (Å²) in [5.74, 6) is 0.906. The van der Waals surface area contributed by atoms with Gasteiger partial charge in [-0.1, -0.05) is 36.4 Å². The van der Waals surface area contributed by atoms with Crippen molar-refractivity contribution >= 4 is 5.82 Å². The van der Waals surface area contributed by atoms with Gasteiger partial charge in [0.25, 0.3) is 0 Å². The third-order valence-corrected chi connectivity index (χ3v) is 2.91. The highest BCUT2D eigenvalue weighted by atomic mass is 16.3. The molecule has 0 aliphatic rings. The van der Waals surface area contributed by atoms with E-state index in [1.165, 1.54) is 5.56 Å². The minimum Gasteiger partial charge on any atom is -0.389 e. The number of rotatable bonds is 4. The third-order valence-electron chi connectivity index (χ3n) is 2.91. The molecular weight excluding hydrogens is 224 g/mol. The van der Waals surface area contributed by atoms with Crippen LogP contribution >= 0.6 is 0 Å². The number of aliphatic hydroxyl groups is 1. The highest BCUT2D eigenvalue weighted by Gasteiger charge is 2.05. The van der Waals surface area contributed by atoms with Crippen molar-refractivity contribution in [1.82, 2.24) is 4.98 Å². The lowest BCUT2D eigenvalue weighted by atomic mass is 10.2. The number of hydrogen-bond donors (Lipinski definition) is 1. The molecule has 0 bridgehead atoms. The maximum atomic E-state index is 9.43. The van der Waals surface area contributed by atoms with Gasteiger partial charge in [0.15, 0.2) is 0 Å². The molecule has 1 atom stereocenters. The van der Waals surface area contributed by atoms with Crippen LogP contribution in [0.1, 0.15) is 24.2 Å². The molecule has 3 nitrogen and oxygen atoms in total. The van der Waals surface area contributed by atoms with Crippen LogP contribution in [0.4, 0.5) is 5.82 Å². The Morgan fingerprint density at radius 3 is 2.44 bits per heavy atom. The SMILES string of the molecule is CC(O)c1ccc(N(C)Cc2ccccc2)nc1. The van der Waals surface area contributed by atoms with E-state index in [-0.39, 0.29) is 0 Å². The van der Waals surface area contributed by atoms with Crippen molar-refractivity contribution in [3.05, 3.63) is 59.8 Å². The van der Waals surface area contributed by atoms with Crippen molar-refractivity contribution in [2.75, 3.05) is 11.9 Å². The smallest absolute Gasteiger partial charge is 0.128 e. The van der Waals surface area contributed by atoms with Crippen LogP contribution in [-0.2, 0) is 6.54 Å². The topological polar surface area (TPSA) is 36.4 Å². The molecule has 0 saturated carbocycles. The summed E-state index contributed by atoms with van der Waals surface area (Å²) >= 11 is 0. The predicted octanol–water partition coefficient (Wildman–Crippen LogP) is 2.77. The normalized spacial score (nSPS) is 12.2. The van der Waals surface area contributed by atoms with E-state index in [4.69, 9.17) is 0 Å². The molecule has 0 saturated heterocycles. The van der Waals surface area contributed by atoms with Crippen LogP contribution in [0.15, 0.2) is 48.7 Å². The zero-order valence-corrected chi connectivity index (χ0v) is 10.7. The largest absolute Gasteiger partial charge is 0.389 e. The Morgan fingerprint density at radius 1 is 1.17 bits per heavy atom. The van der Waals surface area contributed by atoms with Gasteiger partial charge in [-0.05, 0) is 24.1 Å². The van der Waals surface area contributed by atoms with Gasteiger partial charge in [-0.15, -0.1) is 0 Å². The summed E-state index contributed by atoms with van der Waals surface area (Å²) in [5.41, 5.74) is 2.09. The van der Waals surface area contributed by atoms with E-state index in [2.05, 4.69) is 22.0 Å². The van der Waals surface area contributed by atoms with E-state index >= 15 is 0 Å². The zero-order valence-electron chi connectivity index (χ0n) is 10.7. The average Bonchev–Trinajstić information content (AvgIpc) is 2.40. The van der Waals surface area contributed by atoms with E-state index in [0.717, 1.165) is 17.9 Å². The minimum atomic E-state index is -0.467. The first-order valence-corrected chi connectivity index (χ1v) is 6.06. The fourth-order valence-corrected chi connectivity index (χ4v) is 1.81. The fraction of sp³-hybridized carbons (Fsp3) is 0.267. The summed E-state index contributed by atoms with van der Waals surface area (Å²) in [6.07, 6.45) is 1.26. The lowest BCUT2D eigenvalue weighted by Gasteiger charge is -2.18. The van der Waals surface area contributed by atoms with E-state index in [0.29, 0.717) is 0 Å². The van der Waals surface area contributed by atoms with E-state index < -0.39 is 6.10 Å². The molecule has 1 N–H and O–H groups in total. The number of nitrogens with zero attached hydrogens (tertiary/aromatic N) is 2. The molecule has 1 aromatic carbocycles. The van der Waals surface area contributed by atoms with Gasteiger partial charge in [0, 0.05) is 19.8 Å². The van der Waals surface area contributed by atoms with Crippen LogP contribution in [-0.4, -0.2) is 17.1 Å². The maximum absolute atomic E-state index is 9.43. The lowest BCUT2D eigenvalue weighted by Crippen LogP contribution is -2.17. The Labute approximate surface area is 108 Å². The molecule has 94 valence electrons. The Bertz CT molecular complexity index is 480. The monoisotopic (exact) mass is 242 g/mol. The van der Waals surface area contributed by atoms with Gasteiger partial charge in [-0.25, -0.2) is 4.98 Å². The number of benzene rings is 1. The van der Waals surface area contributed by atoms with Gasteiger partial charge in [-0.2, -0.15) is 0 Å². The Morgan fingerprint density at radius 2 is 1.89 bits per heavy atom. The number of hydrogen-bond acceptors (Lipinski definition) is 3. The standard InChI is InChI=1S/C15H18N2O/c1-12(18)14-8-9-15(16-10-14)17(2)11-13-6-4-3-5-7-13/h3-10,12,18H,11H2,1-2H3. The van der Waals surface area contributed by atoms with Gasteiger partial charge < -0.3 is 10.0 Å². The van der Waals surface area contributed by atoms with E-state index in [1.807, 2.05) is 37.4 Å². The number of aliphatic hydroxyl groups excluding tert-OH is 1. The molecular formula is C15H18N2O. The van der Waals surface area contributed by atoms with Crippen molar-refractivity contribution < 1.29 is 5.11 Å². The molecule has 0 radical (unpaired) electrons. The predicted molar refractivity (Wildman–Crippen MR) is 73.4 cm³/mol. The Kier molecular flexibility index (Phi) is 3.95. The quantitative estimate of drug-likeness (QED) is 0.895. The minimum absolute atomic E-state index is 0.467. The molecule has 0 fully saturated rings. The molecule has 2 rings (SSSR count). The molecule has 0 amide bonds. The number of aromatic nitrogens is 1. The summed E-state index contributed by atoms with van der Waals surface area (Å²) in [6.45, 7) is 2.56. The average molecular weight is 242 g/mol. The van der Waals surface area contributed by atoms with Gasteiger partial charge in [0.1, 0.15) is 5.82 Å². The Balaban J connectivity index is 2.07. The van der Waals surface area contributed by atoms with Crippen molar-refractivity contribution in [3.63, 3.8) is 0 Å². The highest BCUT2D eigenvalue weighted by molar-refractivity contribution is 5.39. The van der Waals surface area contributed by atoms with Gasteiger partial charge in [-0.3, -0.25) is 0 Å². The molecule has 3 heteroatoms. The second-order valence-electron chi connectivity index (χ2n) is 4.47. The maximum Gasteiger partial charge on any atom is 0.128 e. The second-order valence-corrected chi connectivity index (χ2v) is 4.47. The van der Waals surface area contributed by atoms with Crippen LogP contribution in [0.2, 0.25) is 0 Å². The number of anilines is 1. The number of pyridine rings is 1. The van der Waals surface area contributed by atoms with Crippen LogP contribution in [0, 0.1) is 0 Å². The molecule has 1 unspecified atom stereocenters. The lowest BCUT2D eigenvalue weighted by molar-refractivity contribution is 0.199. The first kappa shape index (κ1) is 12.6. The summed E-state index contributed by atoms with van der Waals surface area (Å²) in [5, 5.41) is 9.43. The second kappa shape index (κ2) is 5.65. The van der Waals surface area contributed by atoms with Crippen molar-refractivity contribution in [3.8, 4) is 0 Å². The molecule has 0 aliphatic heterocycles. The van der Waals surface area contributed by atoms with E-state index in [9.17, 15) is 5.11 Å². The van der Waals surface area contributed by atoms with Crippen LogP contribution in [0.3, 0.4) is 0 Å². The molecule has 2 aromatic rings. The van der Waals surface area contributed by atoms with Crippen molar-refractivity contribution in [2.24, 2.45) is 0 Å². The Hall–Kier alpha value is -1.87. The fourth-order valence-electron chi connectivity index (χ4n) is 1.81. The first-order valence-electron chi connectivity index (χ1n) is 6.06. The molecule has 0 spiro atoms. The third kappa shape index (κ3) is 3.08. The van der Waals surface area contributed by atoms with Crippen molar-refractivity contribution in [2.45, 2.75) is 19.6 Å². The van der Waals surface area contributed by atoms with Crippen LogP contribution in [0.5, 0.6) is 0 Å². The van der Waals surface area contributed by atoms with Gasteiger partial charge in [0.05, 0.1) is 6.10 Å². The summed E-state index contributed by atoms with van der Waals surface area (Å²) in [7, 11) is 2.01. The highest BCUT2D eigenvalue weighted by Crippen LogP contribution is 2.16. The first-order chi connectivity index (χ1) is 8.66. The molecule has 1 aromatic heterocycles. The summed E-state index contributed by atoms with van der Waals surface area (Å²) < 4.78 is 0. The molecule has 0 aliphatic carbocycles. The summed E-state index contributed by atoms with van der Waals surface area (Å²) in [6, 6.07) is 14.1. The van der Waals surface area contributed by atoms with Crippen LogP contribution < -0.4 is 4.90 Å². The summed E-state index contributed by atoms with van der Waals surface area (Å²) in [4.78, 5) is 6.45. The van der Waals surface area contributed by atoms with Gasteiger partial charge >= 0.3 is 0 Å².